The third-order valence-electron chi connectivity index (χ3n) is 11.8. The molecule has 4 heterocycles. The molecule has 0 spiro atoms. The molecule has 0 unspecified atom stereocenters. The number of aryl methyl sites for hydroxylation is 1. The van der Waals surface area contributed by atoms with E-state index in [4.69, 9.17) is 32.2 Å². The number of aromatic nitrogens is 2. The highest BCUT2D eigenvalue weighted by atomic mass is 32.1. The van der Waals surface area contributed by atoms with Crippen LogP contribution >= 0.6 is 23.6 Å². The summed E-state index contributed by atoms with van der Waals surface area (Å²) in [5.74, 6) is -5.48. The molecule has 24 heteroatoms. The highest BCUT2D eigenvalue weighted by Gasteiger charge is 2.52. The van der Waals surface area contributed by atoms with Gasteiger partial charge >= 0.3 is 6.18 Å². The van der Waals surface area contributed by atoms with E-state index in [2.05, 4.69) is 20.6 Å². The first-order chi connectivity index (χ1) is 33.9. The number of nitrogens with one attached hydrogen (secondary N) is 2. The van der Waals surface area contributed by atoms with Gasteiger partial charge in [-0.25, -0.2) is 14.4 Å². The minimum Gasteiger partial charge on any atom is -0.477 e. The third-order valence-corrected chi connectivity index (χ3v) is 13.1. The second-order valence-electron chi connectivity index (χ2n) is 18.5. The second kappa shape index (κ2) is 22.4. The first-order valence-electron chi connectivity index (χ1n) is 22.5. The monoisotopic (exact) mass is 1040 g/mol. The number of thiazole rings is 1. The molecular formula is C48H53F4N9O9S2. The van der Waals surface area contributed by atoms with Gasteiger partial charge in [0.05, 0.1) is 71.2 Å². The fourth-order valence-electron chi connectivity index (χ4n) is 8.10. The zero-order valence-corrected chi connectivity index (χ0v) is 41.7. The maximum absolute atomic E-state index is 15.5. The van der Waals surface area contributed by atoms with Crippen LogP contribution in [0, 0.1) is 29.5 Å². The number of halogens is 4. The Morgan fingerprint density at radius 1 is 1.06 bits per heavy atom. The topological polar surface area (TPSA) is 243 Å². The Labute approximate surface area is 421 Å². The lowest BCUT2D eigenvalue weighted by atomic mass is 9.85. The van der Waals surface area contributed by atoms with Gasteiger partial charge in [0.2, 0.25) is 23.6 Å². The molecule has 72 heavy (non-hydrogen) atoms. The summed E-state index contributed by atoms with van der Waals surface area (Å²) >= 11 is 7.01. The van der Waals surface area contributed by atoms with Crippen molar-refractivity contribution in [1.29, 1.82) is 5.26 Å². The number of carbonyl (C=O) groups excluding carboxylic acids is 5. The molecule has 2 aliphatic heterocycles. The number of anilines is 2. The Morgan fingerprint density at radius 3 is 2.38 bits per heavy atom. The SMILES string of the molecule is Cc1ncsc1-c1ccc(CNC(=O)[C@@H]2C[C@@H](O)CN2C(=O)[C@@H](NC(=O)COCCOCCCOc2ncc(N3C(=S)N(c4ccc(C#N)c(C(F)(F)F)c4F)C(=O)C3(C)C)cc2C(N)=O)C(C)(C)C)cc1. The molecule has 4 aromatic rings. The number of primary amides is 1. The van der Waals surface area contributed by atoms with Crippen LogP contribution in [-0.2, 0) is 41.4 Å². The van der Waals surface area contributed by atoms with Gasteiger partial charge in [0.25, 0.3) is 11.8 Å². The van der Waals surface area contributed by atoms with Gasteiger partial charge < -0.3 is 45.5 Å². The molecule has 18 nitrogen and oxygen atoms in total. The van der Waals surface area contributed by atoms with Gasteiger partial charge in [-0.3, -0.25) is 28.9 Å². The molecule has 2 saturated heterocycles. The Bertz CT molecular complexity index is 2760. The number of β-amino-alcohol motifs (C(OH)–C–C–N with tert-alkyl or cyclic N) is 1. The summed E-state index contributed by atoms with van der Waals surface area (Å²) in [6, 6.07) is 9.80. The predicted octanol–water partition coefficient (Wildman–Crippen LogP) is 5.17. The van der Waals surface area contributed by atoms with Gasteiger partial charge in [-0.2, -0.15) is 18.4 Å². The van der Waals surface area contributed by atoms with E-state index in [1.165, 1.54) is 53.3 Å². The average molecular weight is 1040 g/mol. The minimum absolute atomic E-state index is 0.00136. The molecule has 0 radical (unpaired) electrons. The molecule has 2 fully saturated rings. The lowest BCUT2D eigenvalue weighted by Gasteiger charge is -2.35. The summed E-state index contributed by atoms with van der Waals surface area (Å²) < 4.78 is 73.6. The number of amides is 5. The summed E-state index contributed by atoms with van der Waals surface area (Å²) in [6.07, 6.45) is -4.69. The standard InChI is InChI=1S/C48H53F4N9O9S2/c1-26-38(72-25-57-26)28-10-8-27(9-11-28)21-55-41(65)34-19-31(62)23-59(34)43(66)39(46(2,3)4)58-35(63)24-69-17-16-68-14-7-15-70-42-32(40(54)64)18-30(22-56-42)61-45(71)60(44(67)47(61,5)6)33-13-12-29(20-53)36(37(33)49)48(50,51)52/h8-13,18,22,25,31,34,39,62H,7,14-17,19,21,23-24H2,1-6H3,(H2,54,64)(H,55,65)(H,58,63)/t31-,34+,39-/m1/s1. The van der Waals surface area contributed by atoms with Crippen molar-refractivity contribution in [2.45, 2.75) is 90.8 Å². The van der Waals surface area contributed by atoms with Gasteiger partial charge in [0.1, 0.15) is 35.4 Å². The second-order valence-corrected chi connectivity index (χ2v) is 19.7. The molecule has 3 atom stereocenters. The average Bonchev–Trinajstić information content (AvgIpc) is 3.98. The number of thiocarbonyl (C=S) groups is 1. The molecule has 0 bridgehead atoms. The molecule has 0 aliphatic carbocycles. The number of nitrogens with zero attached hydrogens (tertiary/aromatic N) is 6. The highest BCUT2D eigenvalue weighted by Crippen LogP contribution is 2.42. The summed E-state index contributed by atoms with van der Waals surface area (Å²) in [5.41, 5.74) is 3.90. The largest absolute Gasteiger partial charge is 0.477 e. The minimum atomic E-state index is -5.26. The number of hydrogen-bond donors (Lipinski definition) is 4. The number of ether oxygens (including phenoxy) is 3. The molecule has 2 aromatic heterocycles. The van der Waals surface area contributed by atoms with E-state index in [0.717, 1.165) is 33.8 Å². The number of nitriles is 1. The first-order valence-corrected chi connectivity index (χ1v) is 23.8. The number of aliphatic hydroxyl groups is 1. The molecule has 5 N–H and O–H groups in total. The lowest BCUT2D eigenvalue weighted by molar-refractivity contribution is -0.144. The van der Waals surface area contributed by atoms with E-state index >= 15 is 4.39 Å². The fraction of sp³-hybridized carbons (Fsp3) is 0.438. The van der Waals surface area contributed by atoms with E-state index in [1.807, 2.05) is 31.2 Å². The molecule has 2 aliphatic rings. The Balaban J connectivity index is 0.950. The quantitative estimate of drug-likeness (QED) is 0.0539. The van der Waals surface area contributed by atoms with Crippen molar-refractivity contribution in [3.63, 3.8) is 0 Å². The molecule has 2 aromatic carbocycles. The number of aliphatic hydroxyl groups excluding tert-OH is 1. The van der Waals surface area contributed by atoms with Crippen LogP contribution in [0.25, 0.3) is 10.4 Å². The van der Waals surface area contributed by atoms with Gasteiger partial charge in [-0.05, 0) is 67.7 Å². The van der Waals surface area contributed by atoms with Crippen molar-refractivity contribution in [2.75, 3.05) is 49.4 Å². The number of nitrogens with two attached hydrogens (primary N) is 1. The van der Waals surface area contributed by atoms with Crippen molar-refractivity contribution in [3.8, 4) is 22.4 Å². The van der Waals surface area contributed by atoms with Gasteiger partial charge in [-0.1, -0.05) is 45.0 Å². The van der Waals surface area contributed by atoms with Gasteiger partial charge in [0, 0.05) is 32.5 Å². The number of pyridine rings is 1. The van der Waals surface area contributed by atoms with E-state index in [-0.39, 0.29) is 69.5 Å². The Morgan fingerprint density at radius 2 is 1.75 bits per heavy atom. The number of alkyl halides is 3. The summed E-state index contributed by atoms with van der Waals surface area (Å²) in [6.45, 7) is 9.90. The van der Waals surface area contributed by atoms with Crippen LogP contribution in [0.15, 0.2) is 54.2 Å². The predicted molar refractivity (Wildman–Crippen MR) is 259 cm³/mol. The number of likely N-dealkylation sites (tertiary alicyclic amines) is 1. The smallest absolute Gasteiger partial charge is 0.420 e. The third kappa shape index (κ3) is 12.2. The van der Waals surface area contributed by atoms with Crippen molar-refractivity contribution < 1.29 is 60.9 Å². The summed E-state index contributed by atoms with van der Waals surface area (Å²) in [5, 5.41) is 24.9. The van der Waals surface area contributed by atoms with Crippen LogP contribution in [0.1, 0.15) is 80.2 Å². The van der Waals surface area contributed by atoms with Crippen LogP contribution < -0.4 is 30.9 Å². The molecule has 5 amide bonds. The Hall–Kier alpha value is -6.65. The first kappa shape index (κ1) is 54.7. The number of benzene rings is 2. The van der Waals surface area contributed by atoms with E-state index in [1.54, 1.807) is 26.3 Å². The van der Waals surface area contributed by atoms with Crippen LogP contribution in [0.3, 0.4) is 0 Å². The maximum Gasteiger partial charge on any atom is 0.420 e. The molecule has 384 valence electrons. The van der Waals surface area contributed by atoms with Crippen LogP contribution in [0.5, 0.6) is 5.88 Å². The van der Waals surface area contributed by atoms with E-state index in [9.17, 15) is 47.5 Å². The van der Waals surface area contributed by atoms with Gasteiger partial charge in [0.15, 0.2) is 10.9 Å². The number of carbonyl (C=O) groups is 5. The molecule has 0 saturated carbocycles. The number of rotatable bonds is 19. The van der Waals surface area contributed by atoms with Crippen molar-refractivity contribution >= 4 is 69.6 Å². The van der Waals surface area contributed by atoms with E-state index < -0.39 is 99.2 Å². The summed E-state index contributed by atoms with van der Waals surface area (Å²) in [7, 11) is 0. The Kier molecular flexibility index (Phi) is 17.0. The highest BCUT2D eigenvalue weighted by molar-refractivity contribution is 7.81. The van der Waals surface area contributed by atoms with Crippen LogP contribution in [-0.4, -0.2) is 118 Å². The molecular weight excluding hydrogens is 987 g/mol. The zero-order valence-electron chi connectivity index (χ0n) is 40.1. The zero-order chi connectivity index (χ0) is 52.9. The van der Waals surface area contributed by atoms with Crippen molar-refractivity contribution in [3.05, 3.63) is 87.9 Å². The van der Waals surface area contributed by atoms with Crippen LogP contribution in [0.4, 0.5) is 28.9 Å². The fourth-order valence-corrected chi connectivity index (χ4v) is 9.43. The maximum atomic E-state index is 15.5. The van der Waals surface area contributed by atoms with Gasteiger partial charge in [-0.15, -0.1) is 11.3 Å². The molecule has 6 rings (SSSR count). The van der Waals surface area contributed by atoms with Crippen molar-refractivity contribution in [2.24, 2.45) is 11.1 Å². The van der Waals surface area contributed by atoms with E-state index in [0.29, 0.717) is 4.90 Å². The lowest BCUT2D eigenvalue weighted by Crippen LogP contribution is -2.58. The normalized spacial score (nSPS) is 17.2. The summed E-state index contributed by atoms with van der Waals surface area (Å²) in [4.78, 5) is 79.2. The van der Waals surface area contributed by atoms with Crippen LogP contribution in [0.2, 0.25) is 0 Å². The number of hydrogen-bond acceptors (Lipinski definition) is 14. The van der Waals surface area contributed by atoms with Crippen molar-refractivity contribution in [1.82, 2.24) is 25.5 Å².